The fourth-order valence-electron chi connectivity index (χ4n) is 1.88. The SMILES string of the molecule is N#CCC(=O)Nc1cccc(NC(=O)/C=C/c2ccc(F)cc2)c1. The van der Waals surface area contributed by atoms with Gasteiger partial charge in [-0.1, -0.05) is 18.2 Å². The number of benzene rings is 2. The Morgan fingerprint density at radius 3 is 2.42 bits per heavy atom. The van der Waals surface area contributed by atoms with Crippen LogP contribution >= 0.6 is 0 Å². The second kappa shape index (κ2) is 8.25. The Morgan fingerprint density at radius 1 is 1.08 bits per heavy atom. The Morgan fingerprint density at radius 2 is 1.75 bits per heavy atom. The molecule has 2 aromatic rings. The van der Waals surface area contributed by atoms with Gasteiger partial charge in [0.15, 0.2) is 0 Å². The highest BCUT2D eigenvalue weighted by Crippen LogP contribution is 2.15. The van der Waals surface area contributed by atoms with Crippen LogP contribution < -0.4 is 10.6 Å². The summed E-state index contributed by atoms with van der Waals surface area (Å²) in [7, 11) is 0. The Balaban J connectivity index is 1.97. The van der Waals surface area contributed by atoms with E-state index >= 15 is 0 Å². The molecule has 0 saturated carbocycles. The molecule has 0 fully saturated rings. The third kappa shape index (κ3) is 5.39. The van der Waals surface area contributed by atoms with Gasteiger partial charge in [0, 0.05) is 17.5 Å². The number of nitrogens with zero attached hydrogens (tertiary/aromatic N) is 1. The van der Waals surface area contributed by atoms with Gasteiger partial charge in [0.2, 0.25) is 11.8 Å². The molecular formula is C18H14FN3O2. The molecular weight excluding hydrogens is 309 g/mol. The van der Waals surface area contributed by atoms with Crippen molar-refractivity contribution in [1.29, 1.82) is 5.26 Å². The molecule has 24 heavy (non-hydrogen) atoms. The van der Waals surface area contributed by atoms with Crippen molar-refractivity contribution in [3.05, 3.63) is 66.0 Å². The number of rotatable bonds is 5. The average molecular weight is 323 g/mol. The second-order valence-electron chi connectivity index (χ2n) is 4.84. The lowest BCUT2D eigenvalue weighted by atomic mass is 10.2. The van der Waals surface area contributed by atoms with E-state index < -0.39 is 5.91 Å². The molecule has 0 radical (unpaired) electrons. The van der Waals surface area contributed by atoms with Crippen LogP contribution in [-0.4, -0.2) is 11.8 Å². The maximum Gasteiger partial charge on any atom is 0.248 e. The summed E-state index contributed by atoms with van der Waals surface area (Å²) in [6.07, 6.45) is 2.65. The van der Waals surface area contributed by atoms with Gasteiger partial charge in [0.25, 0.3) is 0 Å². The van der Waals surface area contributed by atoms with E-state index in [1.807, 2.05) is 0 Å². The summed E-state index contributed by atoms with van der Waals surface area (Å²) >= 11 is 0. The molecule has 0 bridgehead atoms. The highest BCUT2D eigenvalue weighted by molar-refractivity contribution is 6.02. The van der Waals surface area contributed by atoms with Gasteiger partial charge in [-0.05, 0) is 42.0 Å². The molecule has 0 aliphatic heterocycles. The first kappa shape index (κ1) is 16.9. The maximum atomic E-state index is 12.8. The van der Waals surface area contributed by atoms with Crippen LogP contribution in [-0.2, 0) is 9.59 Å². The zero-order chi connectivity index (χ0) is 17.4. The first-order chi connectivity index (χ1) is 11.6. The van der Waals surface area contributed by atoms with Crippen molar-refractivity contribution in [2.45, 2.75) is 6.42 Å². The number of carbonyl (C=O) groups is 2. The molecule has 0 aliphatic rings. The molecule has 2 aromatic carbocycles. The van der Waals surface area contributed by atoms with E-state index in [0.29, 0.717) is 16.9 Å². The van der Waals surface area contributed by atoms with E-state index in [1.165, 1.54) is 18.2 Å². The fraction of sp³-hybridized carbons (Fsp3) is 0.0556. The van der Waals surface area contributed by atoms with Crippen LogP contribution in [0, 0.1) is 17.1 Å². The van der Waals surface area contributed by atoms with E-state index in [4.69, 9.17) is 5.26 Å². The molecule has 0 aromatic heterocycles. The predicted octanol–water partition coefficient (Wildman–Crippen LogP) is 3.33. The minimum atomic E-state index is -0.419. The lowest BCUT2D eigenvalue weighted by Gasteiger charge is -2.06. The van der Waals surface area contributed by atoms with Crippen molar-refractivity contribution in [2.75, 3.05) is 10.6 Å². The number of amides is 2. The minimum absolute atomic E-state index is 0.239. The second-order valence-corrected chi connectivity index (χ2v) is 4.84. The topological polar surface area (TPSA) is 82.0 Å². The lowest BCUT2D eigenvalue weighted by Crippen LogP contribution is -2.11. The van der Waals surface area contributed by atoms with Gasteiger partial charge in [-0.25, -0.2) is 4.39 Å². The monoisotopic (exact) mass is 323 g/mol. The van der Waals surface area contributed by atoms with E-state index in [9.17, 15) is 14.0 Å². The molecule has 2 amide bonds. The summed E-state index contributed by atoms with van der Waals surface area (Å²) in [5, 5.41) is 13.7. The molecule has 0 heterocycles. The molecule has 0 saturated heterocycles. The summed E-state index contributed by atoms with van der Waals surface area (Å²) in [6, 6.07) is 14.1. The van der Waals surface area contributed by atoms with Gasteiger partial charge in [-0.15, -0.1) is 0 Å². The normalized spacial score (nSPS) is 10.2. The Labute approximate surface area is 138 Å². The van der Waals surface area contributed by atoms with Crippen LogP contribution in [0.3, 0.4) is 0 Å². The smallest absolute Gasteiger partial charge is 0.248 e. The summed E-state index contributed by atoms with van der Waals surface area (Å²) in [4.78, 5) is 23.3. The molecule has 5 nitrogen and oxygen atoms in total. The Kier molecular flexibility index (Phi) is 5.81. The summed E-state index contributed by atoms with van der Waals surface area (Å²) < 4.78 is 12.8. The number of anilines is 2. The Bertz CT molecular complexity index is 808. The van der Waals surface area contributed by atoms with Crippen molar-refractivity contribution >= 4 is 29.3 Å². The van der Waals surface area contributed by atoms with Crippen LogP contribution in [0.25, 0.3) is 6.08 Å². The van der Waals surface area contributed by atoms with Crippen molar-refractivity contribution in [3.63, 3.8) is 0 Å². The zero-order valence-electron chi connectivity index (χ0n) is 12.6. The molecule has 0 atom stereocenters. The van der Waals surface area contributed by atoms with Gasteiger partial charge in [-0.2, -0.15) is 5.26 Å². The standard InChI is InChI=1S/C18H14FN3O2/c19-14-7-4-13(5-8-14)6-9-17(23)21-15-2-1-3-16(12-15)22-18(24)10-11-20/h1-9,12H,10H2,(H,21,23)(H,22,24)/b9-6+. The minimum Gasteiger partial charge on any atom is -0.325 e. The van der Waals surface area contributed by atoms with Gasteiger partial charge >= 0.3 is 0 Å². The van der Waals surface area contributed by atoms with Crippen molar-refractivity contribution in [1.82, 2.24) is 0 Å². The number of carbonyl (C=O) groups excluding carboxylic acids is 2. The van der Waals surface area contributed by atoms with Crippen molar-refractivity contribution in [3.8, 4) is 6.07 Å². The summed E-state index contributed by atoms with van der Waals surface area (Å²) in [6.45, 7) is 0. The third-order valence-corrected chi connectivity index (χ3v) is 2.95. The molecule has 6 heteroatoms. The van der Waals surface area contributed by atoms with E-state index in [2.05, 4.69) is 10.6 Å². The quantitative estimate of drug-likeness (QED) is 0.828. The predicted molar refractivity (Wildman–Crippen MR) is 89.4 cm³/mol. The van der Waals surface area contributed by atoms with Crippen LogP contribution in [0.5, 0.6) is 0 Å². The average Bonchev–Trinajstić information content (AvgIpc) is 2.55. The molecule has 120 valence electrons. The van der Waals surface area contributed by atoms with E-state index in [1.54, 1.807) is 48.5 Å². The van der Waals surface area contributed by atoms with Gasteiger partial charge in [0.1, 0.15) is 12.2 Å². The summed E-state index contributed by atoms with van der Waals surface area (Å²) in [5.41, 5.74) is 1.68. The molecule has 2 N–H and O–H groups in total. The van der Waals surface area contributed by atoms with Gasteiger partial charge < -0.3 is 10.6 Å². The van der Waals surface area contributed by atoms with Gasteiger partial charge in [-0.3, -0.25) is 9.59 Å². The number of hydrogen-bond donors (Lipinski definition) is 2. The third-order valence-electron chi connectivity index (χ3n) is 2.95. The highest BCUT2D eigenvalue weighted by Gasteiger charge is 2.03. The summed E-state index contributed by atoms with van der Waals surface area (Å²) in [5.74, 6) is -1.12. The number of nitrogens with one attached hydrogen (secondary N) is 2. The van der Waals surface area contributed by atoms with E-state index in [0.717, 1.165) is 0 Å². The number of nitriles is 1. The van der Waals surface area contributed by atoms with Crippen LogP contribution in [0.2, 0.25) is 0 Å². The molecule has 0 unspecified atom stereocenters. The largest absolute Gasteiger partial charge is 0.325 e. The molecule has 0 aliphatic carbocycles. The number of halogens is 1. The number of hydrogen-bond acceptors (Lipinski definition) is 3. The van der Waals surface area contributed by atoms with Crippen LogP contribution in [0.15, 0.2) is 54.6 Å². The zero-order valence-corrected chi connectivity index (χ0v) is 12.6. The first-order valence-corrected chi connectivity index (χ1v) is 7.08. The van der Waals surface area contributed by atoms with E-state index in [-0.39, 0.29) is 18.1 Å². The van der Waals surface area contributed by atoms with Crippen molar-refractivity contribution in [2.24, 2.45) is 0 Å². The van der Waals surface area contributed by atoms with Crippen LogP contribution in [0.4, 0.5) is 15.8 Å². The highest BCUT2D eigenvalue weighted by atomic mass is 19.1. The maximum absolute atomic E-state index is 12.8. The molecule has 0 spiro atoms. The van der Waals surface area contributed by atoms with Crippen molar-refractivity contribution < 1.29 is 14.0 Å². The van der Waals surface area contributed by atoms with Gasteiger partial charge in [0.05, 0.1) is 6.07 Å². The first-order valence-electron chi connectivity index (χ1n) is 7.08. The fourth-order valence-corrected chi connectivity index (χ4v) is 1.88. The van der Waals surface area contributed by atoms with Crippen LogP contribution in [0.1, 0.15) is 12.0 Å². The lowest BCUT2D eigenvalue weighted by molar-refractivity contribution is -0.115. The molecule has 2 rings (SSSR count). The Hall–Kier alpha value is -3.46.